The van der Waals surface area contributed by atoms with Crippen LogP contribution in [-0.2, 0) is 30.7 Å². The molecule has 0 saturated heterocycles. The zero-order chi connectivity index (χ0) is 22.5. The second-order valence-electron chi connectivity index (χ2n) is 6.36. The van der Waals surface area contributed by atoms with Gasteiger partial charge in [0.2, 0.25) is 9.84 Å². The lowest BCUT2D eigenvalue weighted by Crippen LogP contribution is -2.42. The lowest BCUT2D eigenvalue weighted by molar-refractivity contribution is -0.210. The average molecular weight is 445 g/mol. The highest BCUT2D eigenvalue weighted by molar-refractivity contribution is 7.91. The minimum Gasteiger partial charge on any atom is -0.345 e. The first-order chi connectivity index (χ1) is 13.9. The zero-order valence-corrected chi connectivity index (χ0v) is 16.7. The number of halogens is 3. The predicted molar refractivity (Wildman–Crippen MR) is 98.1 cm³/mol. The predicted octanol–water partition coefficient (Wildman–Crippen LogP) is 2.99. The van der Waals surface area contributed by atoms with Crippen LogP contribution in [0.4, 0.5) is 13.2 Å². The summed E-state index contributed by atoms with van der Waals surface area (Å²) in [7, 11) is -3.92. The van der Waals surface area contributed by atoms with Crippen LogP contribution in [0.15, 0.2) is 58.3 Å². The summed E-state index contributed by atoms with van der Waals surface area (Å²) in [6.45, 7) is 2.53. The fourth-order valence-electron chi connectivity index (χ4n) is 2.45. The van der Waals surface area contributed by atoms with Gasteiger partial charge in [0.1, 0.15) is 0 Å². The molecule has 2 aromatic rings. The maximum absolute atomic E-state index is 12.8. The first kappa shape index (κ1) is 23.2. The van der Waals surface area contributed by atoms with Gasteiger partial charge in [0.25, 0.3) is 0 Å². The van der Waals surface area contributed by atoms with Crippen LogP contribution in [0.1, 0.15) is 19.4 Å². The minimum absolute atomic E-state index is 0.0112. The molecule has 0 fully saturated rings. The molecule has 0 spiro atoms. The number of carbonyl (C=O) groups excluding carboxylic acids is 2. The molecular weight excluding hydrogens is 427 g/mol. The number of hydrogen-bond donors (Lipinski definition) is 1. The zero-order valence-electron chi connectivity index (χ0n) is 15.9. The molecule has 0 aliphatic rings. The number of rotatable bonds is 7. The van der Waals surface area contributed by atoms with Crippen LogP contribution in [0.3, 0.4) is 0 Å². The van der Waals surface area contributed by atoms with Crippen molar-refractivity contribution in [3.05, 3.63) is 54.1 Å². The molecule has 0 aliphatic heterocycles. The summed E-state index contributed by atoms with van der Waals surface area (Å²) >= 11 is 0. The van der Waals surface area contributed by atoms with Gasteiger partial charge < -0.3 is 5.32 Å². The number of hydrogen-bond acceptors (Lipinski definition) is 6. The van der Waals surface area contributed by atoms with E-state index in [1.165, 1.54) is 55.5 Å². The van der Waals surface area contributed by atoms with E-state index in [1.807, 2.05) is 5.32 Å². The fraction of sp³-hybridized carbons (Fsp3) is 0.263. The highest BCUT2D eigenvalue weighted by Gasteiger charge is 2.39. The number of amides is 1. The van der Waals surface area contributed by atoms with Gasteiger partial charge in [0, 0.05) is 19.0 Å². The lowest BCUT2D eigenvalue weighted by Gasteiger charge is -2.15. The van der Waals surface area contributed by atoms with Gasteiger partial charge in [0.15, 0.2) is 5.75 Å². The second kappa shape index (κ2) is 9.16. The summed E-state index contributed by atoms with van der Waals surface area (Å²) in [5, 5.41) is 1.83. The third kappa shape index (κ3) is 6.21. The van der Waals surface area contributed by atoms with Gasteiger partial charge in [-0.25, -0.2) is 13.2 Å². The molecule has 0 radical (unpaired) electrons. The second-order valence-corrected chi connectivity index (χ2v) is 8.31. The topological polar surface area (TPSA) is 98.8 Å². The SMILES string of the molecule is CC(=O)OOc1cccc(S(=O)(=O)c2ccc(C[C@@H](C)NC(=O)C(F)(F)F)cc2)c1. The first-order valence-electron chi connectivity index (χ1n) is 8.56. The van der Waals surface area contributed by atoms with E-state index in [0.717, 1.165) is 6.92 Å². The molecule has 0 aromatic heterocycles. The van der Waals surface area contributed by atoms with Crippen molar-refractivity contribution in [3.8, 4) is 5.75 Å². The molecule has 1 atom stereocenters. The van der Waals surface area contributed by atoms with Crippen molar-refractivity contribution < 1.29 is 41.0 Å². The third-order valence-corrected chi connectivity index (χ3v) is 5.55. The van der Waals surface area contributed by atoms with E-state index in [-0.39, 0.29) is 22.0 Å². The number of alkyl halides is 3. The maximum atomic E-state index is 12.8. The molecule has 0 heterocycles. The molecule has 2 aromatic carbocycles. The smallest absolute Gasteiger partial charge is 0.345 e. The number of sulfone groups is 1. The van der Waals surface area contributed by atoms with Crippen LogP contribution >= 0.6 is 0 Å². The monoisotopic (exact) mass is 445 g/mol. The van der Waals surface area contributed by atoms with Crippen LogP contribution in [0.5, 0.6) is 5.75 Å². The van der Waals surface area contributed by atoms with Crippen LogP contribution in [0.25, 0.3) is 0 Å². The van der Waals surface area contributed by atoms with Gasteiger partial charge >= 0.3 is 18.1 Å². The Morgan fingerprint density at radius 3 is 2.27 bits per heavy atom. The number of benzene rings is 2. The molecule has 1 amide bonds. The molecule has 0 aliphatic carbocycles. The Morgan fingerprint density at radius 1 is 1.07 bits per heavy atom. The van der Waals surface area contributed by atoms with Crippen LogP contribution < -0.4 is 10.2 Å². The van der Waals surface area contributed by atoms with E-state index in [9.17, 15) is 31.2 Å². The molecule has 30 heavy (non-hydrogen) atoms. The van der Waals surface area contributed by atoms with E-state index in [0.29, 0.717) is 5.56 Å². The van der Waals surface area contributed by atoms with Crippen molar-refractivity contribution in [1.29, 1.82) is 0 Å². The minimum atomic E-state index is -4.97. The number of carbonyl (C=O) groups is 2. The Balaban J connectivity index is 2.12. The summed E-state index contributed by atoms with van der Waals surface area (Å²) in [4.78, 5) is 30.7. The van der Waals surface area contributed by atoms with E-state index >= 15 is 0 Å². The Hall–Kier alpha value is -3.08. The first-order valence-corrected chi connectivity index (χ1v) is 10.0. The molecule has 162 valence electrons. The molecule has 0 saturated carbocycles. The normalized spacial score (nSPS) is 12.7. The van der Waals surface area contributed by atoms with Crippen molar-refractivity contribution >= 4 is 21.7 Å². The van der Waals surface area contributed by atoms with E-state index < -0.39 is 33.9 Å². The Bertz CT molecular complexity index is 1020. The molecule has 0 unspecified atom stereocenters. The molecule has 1 N–H and O–H groups in total. The fourth-order valence-corrected chi connectivity index (χ4v) is 3.75. The maximum Gasteiger partial charge on any atom is 0.471 e. The van der Waals surface area contributed by atoms with Crippen molar-refractivity contribution in [1.82, 2.24) is 5.32 Å². The van der Waals surface area contributed by atoms with Gasteiger partial charge in [-0.15, -0.1) is 0 Å². The Morgan fingerprint density at radius 2 is 1.70 bits per heavy atom. The van der Waals surface area contributed by atoms with Gasteiger partial charge in [-0.3, -0.25) is 14.6 Å². The van der Waals surface area contributed by atoms with Gasteiger partial charge in [0.05, 0.1) is 9.79 Å². The number of nitrogens with one attached hydrogen (secondary N) is 1. The largest absolute Gasteiger partial charge is 0.471 e. The molecule has 7 nitrogen and oxygen atoms in total. The van der Waals surface area contributed by atoms with Crippen LogP contribution in [-0.4, -0.2) is 32.5 Å². The Kier molecular flexibility index (Phi) is 7.08. The molecule has 11 heteroatoms. The van der Waals surface area contributed by atoms with E-state index in [4.69, 9.17) is 4.89 Å². The average Bonchev–Trinajstić information content (AvgIpc) is 2.66. The van der Waals surface area contributed by atoms with Crippen molar-refractivity contribution in [2.75, 3.05) is 0 Å². The van der Waals surface area contributed by atoms with Gasteiger partial charge in [-0.1, -0.05) is 18.2 Å². The van der Waals surface area contributed by atoms with E-state index in [1.54, 1.807) is 0 Å². The quantitative estimate of drug-likeness (QED) is 0.520. The Labute approximate surface area is 170 Å². The molecule has 0 bridgehead atoms. The summed E-state index contributed by atoms with van der Waals surface area (Å²) in [6, 6.07) is 10.0. The molecule has 2 rings (SSSR count). The lowest BCUT2D eigenvalue weighted by atomic mass is 10.1. The van der Waals surface area contributed by atoms with Crippen molar-refractivity contribution in [2.45, 2.75) is 42.3 Å². The highest BCUT2D eigenvalue weighted by atomic mass is 32.2. The van der Waals surface area contributed by atoms with Crippen LogP contribution in [0.2, 0.25) is 0 Å². The van der Waals surface area contributed by atoms with Gasteiger partial charge in [-0.2, -0.15) is 13.2 Å². The summed E-state index contributed by atoms with van der Waals surface area (Å²) in [5.74, 6) is -2.73. The molecular formula is C19H18F3NO6S. The van der Waals surface area contributed by atoms with Crippen molar-refractivity contribution in [3.63, 3.8) is 0 Å². The van der Waals surface area contributed by atoms with E-state index in [2.05, 4.69) is 4.89 Å². The highest BCUT2D eigenvalue weighted by Crippen LogP contribution is 2.25. The summed E-state index contributed by atoms with van der Waals surface area (Å²) < 4.78 is 62.4. The van der Waals surface area contributed by atoms with Gasteiger partial charge in [-0.05, 0) is 43.2 Å². The summed E-state index contributed by atoms with van der Waals surface area (Å²) in [6.07, 6.45) is -4.90. The third-order valence-electron chi connectivity index (χ3n) is 3.78. The van der Waals surface area contributed by atoms with Crippen molar-refractivity contribution in [2.24, 2.45) is 0 Å². The van der Waals surface area contributed by atoms with Crippen LogP contribution in [0, 0.1) is 0 Å². The standard InChI is InChI=1S/C19H18F3NO6S/c1-12(23-18(25)19(20,21)22)10-14-6-8-16(9-7-14)30(26,27)17-5-3-4-15(11-17)29-28-13(2)24/h3-9,11-12H,10H2,1-2H3,(H,23,25)/t12-/m1/s1. The summed E-state index contributed by atoms with van der Waals surface area (Å²) in [5.41, 5.74) is 0.538.